The van der Waals surface area contributed by atoms with Crippen molar-refractivity contribution in [1.29, 1.82) is 0 Å². The molecule has 0 saturated heterocycles. The molecule has 0 aliphatic heterocycles. The van der Waals surface area contributed by atoms with Crippen LogP contribution in [0.25, 0.3) is 22.0 Å². The van der Waals surface area contributed by atoms with Gasteiger partial charge in [0, 0.05) is 17.1 Å². The molecule has 1 heterocycles. The molecule has 19 heavy (non-hydrogen) atoms. The average Bonchev–Trinajstić information content (AvgIpc) is 2.44. The molecule has 0 fully saturated rings. The van der Waals surface area contributed by atoms with Gasteiger partial charge in [0.1, 0.15) is 0 Å². The van der Waals surface area contributed by atoms with Crippen LogP contribution in [0.4, 0.5) is 5.69 Å². The smallest absolute Gasteiger partial charge is 0.0952 e. The first-order valence-electron chi connectivity index (χ1n) is 6.07. The normalized spacial score (nSPS) is 10.8. The highest BCUT2D eigenvalue weighted by atomic mass is 35.5. The first-order chi connectivity index (χ1) is 9.18. The number of nitrogens with two attached hydrogens (primary N) is 1. The first kappa shape index (κ1) is 12.0. The summed E-state index contributed by atoms with van der Waals surface area (Å²) < 4.78 is 0. The topological polar surface area (TPSA) is 38.9 Å². The minimum Gasteiger partial charge on any atom is -0.396 e. The van der Waals surface area contributed by atoms with Gasteiger partial charge in [-0.2, -0.15) is 0 Å². The zero-order valence-electron chi connectivity index (χ0n) is 10.5. The Balaban J connectivity index is 2.38. The summed E-state index contributed by atoms with van der Waals surface area (Å²) in [5.41, 5.74) is 10.9. The van der Waals surface area contributed by atoms with Gasteiger partial charge in [0.2, 0.25) is 0 Å². The Kier molecular flexibility index (Phi) is 2.88. The van der Waals surface area contributed by atoms with Crippen LogP contribution in [0.2, 0.25) is 5.02 Å². The predicted octanol–water partition coefficient (Wildman–Crippen LogP) is 4.45. The van der Waals surface area contributed by atoms with Crippen LogP contribution in [-0.2, 0) is 0 Å². The van der Waals surface area contributed by atoms with Gasteiger partial charge in [-0.3, -0.25) is 4.98 Å². The number of nitrogens with zero attached hydrogens (tertiary/aromatic N) is 1. The van der Waals surface area contributed by atoms with Crippen molar-refractivity contribution in [2.24, 2.45) is 0 Å². The molecule has 0 bridgehead atoms. The third-order valence-electron chi connectivity index (χ3n) is 3.32. The molecule has 0 unspecified atom stereocenters. The number of aromatic nitrogens is 1. The van der Waals surface area contributed by atoms with Crippen molar-refractivity contribution in [3.63, 3.8) is 0 Å². The quantitative estimate of drug-likeness (QED) is 0.663. The minimum absolute atomic E-state index is 0.675. The number of benzene rings is 2. The fourth-order valence-corrected chi connectivity index (χ4v) is 2.58. The Morgan fingerprint density at radius 1 is 1.05 bits per heavy atom. The molecule has 94 valence electrons. The van der Waals surface area contributed by atoms with Gasteiger partial charge in [0.15, 0.2) is 0 Å². The van der Waals surface area contributed by atoms with Crippen molar-refractivity contribution < 1.29 is 0 Å². The van der Waals surface area contributed by atoms with Crippen molar-refractivity contribution in [3.05, 3.63) is 59.2 Å². The van der Waals surface area contributed by atoms with Gasteiger partial charge in [-0.25, -0.2) is 0 Å². The maximum absolute atomic E-state index is 6.34. The van der Waals surface area contributed by atoms with Gasteiger partial charge in [-0.05, 0) is 36.2 Å². The van der Waals surface area contributed by atoms with E-state index >= 15 is 0 Å². The van der Waals surface area contributed by atoms with E-state index in [4.69, 9.17) is 17.3 Å². The number of nitrogen functional groups attached to an aromatic ring is 1. The molecule has 2 aromatic carbocycles. The lowest BCUT2D eigenvalue weighted by molar-refractivity contribution is 1.41. The van der Waals surface area contributed by atoms with E-state index in [-0.39, 0.29) is 0 Å². The number of fused-ring (bicyclic) bond motifs is 1. The molecule has 0 radical (unpaired) electrons. The summed E-state index contributed by atoms with van der Waals surface area (Å²) in [6.45, 7) is 2.06. The lowest BCUT2D eigenvalue weighted by Gasteiger charge is -2.12. The van der Waals surface area contributed by atoms with E-state index in [9.17, 15) is 0 Å². The van der Waals surface area contributed by atoms with Crippen LogP contribution in [0.1, 0.15) is 5.56 Å². The first-order valence-corrected chi connectivity index (χ1v) is 6.45. The second-order valence-electron chi connectivity index (χ2n) is 4.53. The van der Waals surface area contributed by atoms with Gasteiger partial charge < -0.3 is 5.73 Å². The van der Waals surface area contributed by atoms with E-state index in [1.54, 1.807) is 6.20 Å². The molecule has 3 rings (SSSR count). The predicted molar refractivity (Wildman–Crippen MR) is 81.3 cm³/mol. The van der Waals surface area contributed by atoms with Gasteiger partial charge in [-0.15, -0.1) is 0 Å². The van der Waals surface area contributed by atoms with Crippen molar-refractivity contribution in [2.75, 3.05) is 5.73 Å². The molecule has 1 aromatic heterocycles. The van der Waals surface area contributed by atoms with Crippen LogP contribution >= 0.6 is 11.6 Å². The van der Waals surface area contributed by atoms with E-state index in [0.717, 1.165) is 22.0 Å². The maximum atomic E-state index is 6.34. The summed E-state index contributed by atoms with van der Waals surface area (Å²) >= 11 is 6.34. The van der Waals surface area contributed by atoms with Crippen LogP contribution in [-0.4, -0.2) is 4.98 Å². The molecule has 0 aliphatic carbocycles. The standard InChI is InChI=1S/C16H13ClN2/c1-10-5-2-3-6-11(10)13-9-14(17)12-7-4-8-19-16(12)15(13)18/h2-9H,18H2,1H3. The number of halogens is 1. The Labute approximate surface area is 116 Å². The third-order valence-corrected chi connectivity index (χ3v) is 3.63. The summed E-state index contributed by atoms with van der Waals surface area (Å²) in [7, 11) is 0. The lowest BCUT2D eigenvalue weighted by Crippen LogP contribution is -1.95. The number of rotatable bonds is 1. The number of aryl methyl sites for hydroxylation is 1. The highest BCUT2D eigenvalue weighted by Gasteiger charge is 2.12. The Morgan fingerprint density at radius 2 is 1.84 bits per heavy atom. The van der Waals surface area contributed by atoms with Crippen molar-refractivity contribution in [3.8, 4) is 11.1 Å². The van der Waals surface area contributed by atoms with Gasteiger partial charge >= 0.3 is 0 Å². The number of hydrogen-bond acceptors (Lipinski definition) is 2. The molecule has 0 spiro atoms. The fourth-order valence-electron chi connectivity index (χ4n) is 2.32. The van der Waals surface area contributed by atoms with Crippen LogP contribution in [0, 0.1) is 6.92 Å². The fraction of sp³-hybridized carbons (Fsp3) is 0.0625. The molecule has 2 N–H and O–H groups in total. The van der Waals surface area contributed by atoms with Gasteiger partial charge in [0.25, 0.3) is 0 Å². The van der Waals surface area contributed by atoms with E-state index in [1.807, 2.05) is 36.4 Å². The van der Waals surface area contributed by atoms with Crippen molar-refractivity contribution >= 4 is 28.2 Å². The van der Waals surface area contributed by atoms with E-state index in [2.05, 4.69) is 18.0 Å². The zero-order valence-corrected chi connectivity index (χ0v) is 11.3. The summed E-state index contributed by atoms with van der Waals surface area (Å²) in [5, 5.41) is 1.56. The highest BCUT2D eigenvalue weighted by Crippen LogP contribution is 2.37. The van der Waals surface area contributed by atoms with E-state index in [0.29, 0.717) is 10.7 Å². The summed E-state index contributed by atoms with van der Waals surface area (Å²) in [6.07, 6.45) is 1.73. The molecule has 0 atom stereocenters. The Bertz CT molecular complexity index is 766. The van der Waals surface area contributed by atoms with Crippen molar-refractivity contribution in [1.82, 2.24) is 4.98 Å². The van der Waals surface area contributed by atoms with Gasteiger partial charge in [0.05, 0.1) is 16.2 Å². The van der Waals surface area contributed by atoms with Crippen LogP contribution in [0.5, 0.6) is 0 Å². The zero-order chi connectivity index (χ0) is 13.4. The second-order valence-corrected chi connectivity index (χ2v) is 4.94. The molecule has 3 heteroatoms. The number of pyridine rings is 1. The second kappa shape index (κ2) is 4.56. The van der Waals surface area contributed by atoms with Crippen LogP contribution in [0.15, 0.2) is 48.7 Å². The minimum atomic E-state index is 0.675. The average molecular weight is 269 g/mol. The molecule has 2 nitrogen and oxygen atoms in total. The van der Waals surface area contributed by atoms with Crippen LogP contribution in [0.3, 0.4) is 0 Å². The molecule has 0 aliphatic rings. The van der Waals surface area contributed by atoms with Crippen LogP contribution < -0.4 is 5.73 Å². The lowest BCUT2D eigenvalue weighted by atomic mass is 9.97. The molecule has 3 aromatic rings. The molecule has 0 amide bonds. The summed E-state index contributed by atoms with van der Waals surface area (Å²) in [5.74, 6) is 0. The summed E-state index contributed by atoms with van der Waals surface area (Å²) in [4.78, 5) is 4.35. The number of hydrogen-bond donors (Lipinski definition) is 1. The molecular weight excluding hydrogens is 256 g/mol. The molecule has 0 saturated carbocycles. The van der Waals surface area contributed by atoms with E-state index < -0.39 is 0 Å². The largest absolute Gasteiger partial charge is 0.396 e. The third kappa shape index (κ3) is 1.94. The number of anilines is 1. The SMILES string of the molecule is Cc1ccccc1-c1cc(Cl)c2cccnc2c1N. The summed E-state index contributed by atoms with van der Waals surface area (Å²) in [6, 6.07) is 13.8. The maximum Gasteiger partial charge on any atom is 0.0952 e. The monoisotopic (exact) mass is 268 g/mol. The highest BCUT2D eigenvalue weighted by molar-refractivity contribution is 6.36. The van der Waals surface area contributed by atoms with Gasteiger partial charge in [-0.1, -0.05) is 35.9 Å². The van der Waals surface area contributed by atoms with E-state index in [1.165, 1.54) is 5.56 Å². The molecular formula is C16H13ClN2. The Hall–Kier alpha value is -2.06. The Morgan fingerprint density at radius 3 is 2.63 bits per heavy atom. The van der Waals surface area contributed by atoms with Crippen molar-refractivity contribution in [2.45, 2.75) is 6.92 Å².